The zero-order valence-corrected chi connectivity index (χ0v) is 13.6. The molecule has 0 bridgehead atoms. The largest absolute Gasteiger partial charge is 0.395 e. The molecule has 0 saturated heterocycles. The molecule has 0 radical (unpaired) electrons. The summed E-state index contributed by atoms with van der Waals surface area (Å²) < 4.78 is 0. The Bertz CT molecular complexity index is 245. The summed E-state index contributed by atoms with van der Waals surface area (Å²) >= 11 is 0. The third kappa shape index (κ3) is 6.08. The van der Waals surface area contributed by atoms with E-state index in [-0.39, 0.29) is 13.2 Å². The molecule has 0 aromatic heterocycles. The molecular weight excluding hydrogens is 252 g/mol. The molecule has 1 aliphatic carbocycles. The third-order valence-electron chi connectivity index (χ3n) is 4.61. The zero-order valence-electron chi connectivity index (χ0n) is 13.6. The van der Waals surface area contributed by atoms with Gasteiger partial charge < -0.3 is 15.5 Å². The highest BCUT2D eigenvalue weighted by atomic mass is 16.3. The van der Waals surface area contributed by atoms with Gasteiger partial charge in [0.15, 0.2) is 0 Å². The molecule has 0 amide bonds. The second-order valence-electron chi connectivity index (χ2n) is 6.94. The van der Waals surface area contributed by atoms with E-state index in [4.69, 9.17) is 0 Å². The summed E-state index contributed by atoms with van der Waals surface area (Å²) in [7, 11) is 0. The van der Waals surface area contributed by atoms with Crippen LogP contribution < -0.4 is 5.32 Å². The second kappa shape index (κ2) is 8.98. The van der Waals surface area contributed by atoms with Crippen LogP contribution in [0.1, 0.15) is 46.5 Å². The van der Waals surface area contributed by atoms with Gasteiger partial charge in [-0.05, 0) is 24.2 Å². The van der Waals surface area contributed by atoms with Gasteiger partial charge in [0.25, 0.3) is 0 Å². The van der Waals surface area contributed by atoms with Gasteiger partial charge in [-0.1, -0.05) is 33.6 Å². The fourth-order valence-corrected chi connectivity index (χ4v) is 3.21. The maximum Gasteiger partial charge on any atom is 0.0558 e. The number of hydrogen-bond donors (Lipinski definition) is 3. The standard InChI is InChI=1S/C16H34N2O2/c1-14(2)17-12-16(6-4-15(3)5-7-16)13-18(8-10-19)9-11-20/h14-15,17,19-20H,4-13H2,1-3H3. The predicted molar refractivity (Wildman–Crippen MR) is 83.8 cm³/mol. The van der Waals surface area contributed by atoms with Gasteiger partial charge in [0.1, 0.15) is 0 Å². The first-order valence-electron chi connectivity index (χ1n) is 8.19. The number of aliphatic hydroxyl groups is 2. The smallest absolute Gasteiger partial charge is 0.0558 e. The van der Waals surface area contributed by atoms with Crippen molar-refractivity contribution in [3.8, 4) is 0 Å². The molecule has 0 heterocycles. The second-order valence-corrected chi connectivity index (χ2v) is 6.94. The molecule has 3 N–H and O–H groups in total. The lowest BCUT2D eigenvalue weighted by Crippen LogP contribution is -2.48. The lowest BCUT2D eigenvalue weighted by atomic mass is 9.70. The van der Waals surface area contributed by atoms with Crippen LogP contribution in [-0.2, 0) is 0 Å². The van der Waals surface area contributed by atoms with Gasteiger partial charge in [-0.15, -0.1) is 0 Å². The van der Waals surface area contributed by atoms with E-state index in [1.165, 1.54) is 25.7 Å². The molecule has 0 atom stereocenters. The Balaban J connectivity index is 2.65. The number of hydrogen-bond acceptors (Lipinski definition) is 4. The Hall–Kier alpha value is -0.160. The molecule has 1 aliphatic rings. The van der Waals surface area contributed by atoms with Crippen LogP contribution in [0.5, 0.6) is 0 Å². The molecule has 120 valence electrons. The molecule has 4 heteroatoms. The summed E-state index contributed by atoms with van der Waals surface area (Å²) in [6.07, 6.45) is 5.10. The van der Waals surface area contributed by atoms with E-state index in [1.54, 1.807) is 0 Å². The van der Waals surface area contributed by atoms with Crippen molar-refractivity contribution in [2.75, 3.05) is 39.4 Å². The first-order valence-corrected chi connectivity index (χ1v) is 8.19. The SMILES string of the molecule is CC1CCC(CNC(C)C)(CN(CCO)CCO)CC1. The maximum absolute atomic E-state index is 9.20. The summed E-state index contributed by atoms with van der Waals surface area (Å²) in [5.74, 6) is 0.839. The van der Waals surface area contributed by atoms with Crippen molar-refractivity contribution < 1.29 is 10.2 Å². The van der Waals surface area contributed by atoms with Crippen LogP contribution in [-0.4, -0.2) is 60.5 Å². The molecule has 0 aliphatic heterocycles. The summed E-state index contributed by atoms with van der Waals surface area (Å²) in [5, 5.41) is 22.0. The van der Waals surface area contributed by atoms with Crippen LogP contribution in [0.3, 0.4) is 0 Å². The monoisotopic (exact) mass is 286 g/mol. The van der Waals surface area contributed by atoms with Gasteiger partial charge in [-0.3, -0.25) is 4.90 Å². The summed E-state index contributed by atoms with van der Waals surface area (Å²) in [6.45, 7) is 10.4. The molecule has 20 heavy (non-hydrogen) atoms. The minimum absolute atomic E-state index is 0.171. The third-order valence-corrected chi connectivity index (χ3v) is 4.61. The molecule has 0 unspecified atom stereocenters. The van der Waals surface area contributed by atoms with E-state index in [1.807, 2.05) is 0 Å². The van der Waals surface area contributed by atoms with E-state index in [9.17, 15) is 10.2 Å². The Morgan fingerprint density at radius 3 is 2.15 bits per heavy atom. The Labute approximate surface area is 124 Å². The lowest BCUT2D eigenvalue weighted by molar-refractivity contribution is 0.0644. The van der Waals surface area contributed by atoms with Gasteiger partial charge in [0.2, 0.25) is 0 Å². The van der Waals surface area contributed by atoms with Crippen molar-refractivity contribution in [2.45, 2.75) is 52.5 Å². The first-order chi connectivity index (χ1) is 9.51. The highest BCUT2D eigenvalue weighted by Gasteiger charge is 2.35. The number of aliphatic hydroxyl groups excluding tert-OH is 2. The van der Waals surface area contributed by atoms with E-state index >= 15 is 0 Å². The van der Waals surface area contributed by atoms with E-state index in [2.05, 4.69) is 31.0 Å². The molecule has 0 aromatic carbocycles. The highest BCUT2D eigenvalue weighted by Crippen LogP contribution is 2.39. The topological polar surface area (TPSA) is 55.7 Å². The Morgan fingerprint density at radius 1 is 1.15 bits per heavy atom. The minimum atomic E-state index is 0.171. The summed E-state index contributed by atoms with van der Waals surface area (Å²) in [4.78, 5) is 2.22. The Morgan fingerprint density at radius 2 is 1.70 bits per heavy atom. The van der Waals surface area contributed by atoms with Crippen molar-refractivity contribution in [2.24, 2.45) is 11.3 Å². The Kier molecular flexibility index (Phi) is 8.03. The molecular formula is C16H34N2O2. The van der Waals surface area contributed by atoms with Gasteiger partial charge >= 0.3 is 0 Å². The maximum atomic E-state index is 9.20. The fraction of sp³-hybridized carbons (Fsp3) is 1.00. The van der Waals surface area contributed by atoms with Crippen LogP contribution >= 0.6 is 0 Å². The predicted octanol–water partition coefficient (Wildman–Crippen LogP) is 1.47. The quantitative estimate of drug-likeness (QED) is 0.601. The van der Waals surface area contributed by atoms with Gasteiger partial charge in [-0.2, -0.15) is 0 Å². The average molecular weight is 286 g/mol. The molecule has 0 spiro atoms. The van der Waals surface area contributed by atoms with E-state index in [0.717, 1.165) is 19.0 Å². The molecule has 4 nitrogen and oxygen atoms in total. The normalized spacial score (nSPS) is 27.4. The fourth-order valence-electron chi connectivity index (χ4n) is 3.21. The van der Waals surface area contributed by atoms with Crippen LogP contribution in [0.2, 0.25) is 0 Å². The molecule has 1 fully saturated rings. The van der Waals surface area contributed by atoms with Gasteiger partial charge in [0.05, 0.1) is 13.2 Å². The molecule has 0 aromatic rings. The summed E-state index contributed by atoms with van der Waals surface area (Å²) in [6, 6.07) is 0.510. The summed E-state index contributed by atoms with van der Waals surface area (Å²) in [5.41, 5.74) is 0.307. The zero-order chi connectivity index (χ0) is 15.0. The van der Waals surface area contributed by atoms with Crippen LogP contribution in [0.4, 0.5) is 0 Å². The highest BCUT2D eigenvalue weighted by molar-refractivity contribution is 4.89. The average Bonchev–Trinajstić information content (AvgIpc) is 2.40. The van der Waals surface area contributed by atoms with Crippen molar-refractivity contribution in [1.82, 2.24) is 10.2 Å². The van der Waals surface area contributed by atoms with Gasteiger partial charge in [-0.25, -0.2) is 0 Å². The number of nitrogens with zero attached hydrogens (tertiary/aromatic N) is 1. The molecule has 1 saturated carbocycles. The van der Waals surface area contributed by atoms with E-state index in [0.29, 0.717) is 24.5 Å². The van der Waals surface area contributed by atoms with Crippen molar-refractivity contribution in [1.29, 1.82) is 0 Å². The van der Waals surface area contributed by atoms with Crippen LogP contribution in [0.15, 0.2) is 0 Å². The van der Waals surface area contributed by atoms with Crippen molar-refractivity contribution >= 4 is 0 Å². The van der Waals surface area contributed by atoms with Crippen LogP contribution in [0.25, 0.3) is 0 Å². The minimum Gasteiger partial charge on any atom is -0.395 e. The van der Waals surface area contributed by atoms with Crippen LogP contribution in [0, 0.1) is 11.3 Å². The van der Waals surface area contributed by atoms with E-state index < -0.39 is 0 Å². The number of nitrogens with one attached hydrogen (secondary N) is 1. The van der Waals surface area contributed by atoms with Crippen molar-refractivity contribution in [3.05, 3.63) is 0 Å². The number of rotatable bonds is 9. The van der Waals surface area contributed by atoms with Crippen molar-refractivity contribution in [3.63, 3.8) is 0 Å². The molecule has 1 rings (SSSR count). The first kappa shape index (κ1) is 17.9. The lowest BCUT2D eigenvalue weighted by Gasteiger charge is -2.43. The van der Waals surface area contributed by atoms with Gasteiger partial charge in [0, 0.05) is 32.2 Å².